The molecule has 2 aromatic rings. The number of para-hydroxylation sites is 1. The Morgan fingerprint density at radius 3 is 2.90 bits per heavy atom. The van der Waals surface area contributed by atoms with Gasteiger partial charge in [0.05, 0.1) is 23.7 Å². The van der Waals surface area contributed by atoms with Gasteiger partial charge in [-0.1, -0.05) is 29.8 Å². The summed E-state index contributed by atoms with van der Waals surface area (Å²) in [5.41, 5.74) is 1.07. The molecule has 2 aromatic carbocycles. The largest absolute Gasteiger partial charge is 0.493 e. The van der Waals surface area contributed by atoms with E-state index >= 15 is 0 Å². The molecular weight excluding hydrogens is 347 g/mol. The maximum Gasteiger partial charge on any atom is 0.130 e. The molecule has 1 heterocycles. The average Bonchev–Trinajstić information content (AvgIpc) is 2.86. The van der Waals surface area contributed by atoms with E-state index in [4.69, 9.17) is 16.3 Å². The number of halogens is 3. The van der Waals surface area contributed by atoms with Gasteiger partial charge in [0.15, 0.2) is 0 Å². The lowest BCUT2D eigenvalue weighted by atomic mass is 9.90. The molecule has 0 aromatic heterocycles. The Bertz CT molecular complexity index is 662. The van der Waals surface area contributed by atoms with Crippen LogP contribution in [0.15, 0.2) is 40.9 Å². The molecule has 104 valence electrons. The first kappa shape index (κ1) is 13.9. The summed E-state index contributed by atoms with van der Waals surface area (Å²) in [4.78, 5) is 0. The van der Waals surface area contributed by atoms with Crippen LogP contribution in [-0.2, 0) is 0 Å². The molecule has 2 nitrogen and oxygen atoms in total. The van der Waals surface area contributed by atoms with Gasteiger partial charge in [-0.3, -0.25) is 0 Å². The van der Waals surface area contributed by atoms with Gasteiger partial charge in [0.25, 0.3) is 0 Å². The summed E-state index contributed by atoms with van der Waals surface area (Å²) in [6.45, 7) is 0.327. The van der Waals surface area contributed by atoms with Crippen LogP contribution in [-0.4, -0.2) is 11.7 Å². The predicted molar refractivity (Wildman–Crippen MR) is 78.7 cm³/mol. The highest BCUT2D eigenvalue weighted by molar-refractivity contribution is 9.10. The molecule has 3 rings (SSSR count). The molecule has 20 heavy (non-hydrogen) atoms. The van der Waals surface area contributed by atoms with E-state index in [0.29, 0.717) is 16.1 Å². The van der Waals surface area contributed by atoms with Crippen molar-refractivity contribution in [2.75, 3.05) is 6.61 Å². The molecule has 5 heteroatoms. The molecule has 1 aliphatic rings. The number of hydrogen-bond acceptors (Lipinski definition) is 2. The van der Waals surface area contributed by atoms with Gasteiger partial charge >= 0.3 is 0 Å². The summed E-state index contributed by atoms with van der Waals surface area (Å²) in [6.07, 6.45) is -0.996. The molecule has 0 radical (unpaired) electrons. The Morgan fingerprint density at radius 1 is 1.35 bits per heavy atom. The van der Waals surface area contributed by atoms with E-state index in [0.717, 1.165) is 11.3 Å². The van der Waals surface area contributed by atoms with Gasteiger partial charge in [-0.25, -0.2) is 4.39 Å². The second kappa shape index (κ2) is 5.35. The fourth-order valence-electron chi connectivity index (χ4n) is 2.43. The van der Waals surface area contributed by atoms with Crippen LogP contribution in [0.5, 0.6) is 5.75 Å². The van der Waals surface area contributed by atoms with Crippen LogP contribution in [0.2, 0.25) is 5.02 Å². The summed E-state index contributed by atoms with van der Waals surface area (Å²) >= 11 is 9.14. The SMILES string of the molecule is OC(c1cc(Cl)c(Br)cc1F)C1COc2ccccc21. The highest BCUT2D eigenvalue weighted by Gasteiger charge is 2.32. The van der Waals surface area contributed by atoms with E-state index in [2.05, 4.69) is 15.9 Å². The maximum absolute atomic E-state index is 14.0. The number of benzene rings is 2. The van der Waals surface area contributed by atoms with Gasteiger partial charge in [-0.2, -0.15) is 0 Å². The Hall–Kier alpha value is -1.10. The van der Waals surface area contributed by atoms with Crippen molar-refractivity contribution >= 4 is 27.5 Å². The second-order valence-electron chi connectivity index (χ2n) is 4.69. The Labute approximate surface area is 129 Å². The van der Waals surface area contributed by atoms with Crippen molar-refractivity contribution in [1.82, 2.24) is 0 Å². The lowest BCUT2D eigenvalue weighted by Crippen LogP contribution is -2.14. The molecule has 0 saturated carbocycles. The fraction of sp³-hybridized carbons (Fsp3) is 0.200. The zero-order valence-corrected chi connectivity index (χ0v) is 12.7. The van der Waals surface area contributed by atoms with E-state index < -0.39 is 11.9 Å². The summed E-state index contributed by atoms with van der Waals surface area (Å²) < 4.78 is 20.0. The summed E-state index contributed by atoms with van der Waals surface area (Å²) in [5.74, 6) is -0.0451. The molecule has 2 unspecified atom stereocenters. The van der Waals surface area contributed by atoms with E-state index in [1.54, 1.807) is 0 Å². The number of ether oxygens (including phenoxy) is 1. The molecule has 0 spiro atoms. The minimum Gasteiger partial charge on any atom is -0.493 e. The number of aliphatic hydroxyl groups is 1. The third-order valence-corrected chi connectivity index (χ3v) is 4.67. The lowest BCUT2D eigenvalue weighted by Gasteiger charge is -2.18. The van der Waals surface area contributed by atoms with Crippen molar-refractivity contribution in [3.63, 3.8) is 0 Å². The van der Waals surface area contributed by atoms with E-state index in [-0.39, 0.29) is 11.5 Å². The first-order valence-corrected chi connectivity index (χ1v) is 7.29. The Kier molecular flexibility index (Phi) is 3.71. The Morgan fingerprint density at radius 2 is 2.10 bits per heavy atom. The summed E-state index contributed by atoms with van der Waals surface area (Å²) in [6, 6.07) is 10.2. The van der Waals surface area contributed by atoms with Gasteiger partial charge in [-0.15, -0.1) is 0 Å². The van der Waals surface area contributed by atoms with Gasteiger partial charge in [0.2, 0.25) is 0 Å². The van der Waals surface area contributed by atoms with Crippen molar-refractivity contribution in [1.29, 1.82) is 0 Å². The van der Waals surface area contributed by atoms with Crippen LogP contribution in [0.4, 0.5) is 4.39 Å². The van der Waals surface area contributed by atoms with Crippen molar-refractivity contribution in [2.24, 2.45) is 0 Å². The third-order valence-electron chi connectivity index (χ3n) is 3.48. The molecule has 0 amide bonds. The lowest BCUT2D eigenvalue weighted by molar-refractivity contribution is 0.126. The molecular formula is C15H11BrClFO2. The number of aliphatic hydroxyl groups excluding tert-OH is 1. The van der Waals surface area contributed by atoms with Crippen molar-refractivity contribution in [2.45, 2.75) is 12.0 Å². The highest BCUT2D eigenvalue weighted by atomic mass is 79.9. The molecule has 1 N–H and O–H groups in total. The summed E-state index contributed by atoms with van der Waals surface area (Å²) in [5, 5.41) is 10.8. The molecule has 0 fully saturated rings. The van der Waals surface area contributed by atoms with Gasteiger partial charge in [0, 0.05) is 15.6 Å². The van der Waals surface area contributed by atoms with E-state index in [1.165, 1.54) is 12.1 Å². The third kappa shape index (κ3) is 2.32. The average molecular weight is 358 g/mol. The fourth-order valence-corrected chi connectivity index (χ4v) is 2.92. The smallest absolute Gasteiger partial charge is 0.130 e. The van der Waals surface area contributed by atoms with Crippen LogP contribution < -0.4 is 4.74 Å². The van der Waals surface area contributed by atoms with Crippen LogP contribution in [0, 0.1) is 5.82 Å². The van der Waals surface area contributed by atoms with Gasteiger partial charge in [0.1, 0.15) is 11.6 Å². The number of fused-ring (bicyclic) bond motifs is 1. The van der Waals surface area contributed by atoms with Crippen molar-refractivity contribution < 1.29 is 14.2 Å². The van der Waals surface area contributed by atoms with Crippen molar-refractivity contribution in [3.05, 3.63) is 62.8 Å². The topological polar surface area (TPSA) is 29.5 Å². The maximum atomic E-state index is 14.0. The first-order valence-electron chi connectivity index (χ1n) is 6.12. The Balaban J connectivity index is 1.98. The molecule has 2 atom stereocenters. The van der Waals surface area contributed by atoms with Crippen LogP contribution in [0.25, 0.3) is 0 Å². The first-order chi connectivity index (χ1) is 9.58. The molecule has 1 aliphatic heterocycles. The molecule has 0 bridgehead atoms. The molecule has 0 saturated heterocycles. The van der Waals surface area contributed by atoms with Crippen LogP contribution >= 0.6 is 27.5 Å². The number of hydrogen-bond donors (Lipinski definition) is 1. The monoisotopic (exact) mass is 356 g/mol. The normalized spacial score (nSPS) is 18.5. The number of rotatable bonds is 2. The zero-order chi connectivity index (χ0) is 14.3. The van der Waals surface area contributed by atoms with Crippen LogP contribution in [0.3, 0.4) is 0 Å². The second-order valence-corrected chi connectivity index (χ2v) is 5.95. The summed E-state index contributed by atoms with van der Waals surface area (Å²) in [7, 11) is 0. The van der Waals surface area contributed by atoms with E-state index in [9.17, 15) is 9.50 Å². The predicted octanol–water partition coefficient (Wildman–Crippen LogP) is 4.45. The van der Waals surface area contributed by atoms with Gasteiger partial charge in [-0.05, 0) is 34.1 Å². The van der Waals surface area contributed by atoms with Crippen LogP contribution in [0.1, 0.15) is 23.1 Å². The van der Waals surface area contributed by atoms with E-state index in [1.807, 2.05) is 24.3 Å². The minimum atomic E-state index is -0.996. The quantitative estimate of drug-likeness (QED) is 0.805. The van der Waals surface area contributed by atoms with Gasteiger partial charge < -0.3 is 9.84 Å². The highest BCUT2D eigenvalue weighted by Crippen LogP contribution is 2.42. The standard InChI is InChI=1S/C15H11BrClFO2/c16-11-6-13(18)9(5-12(11)17)15(19)10-7-20-14-4-2-1-3-8(10)14/h1-6,10,15,19H,7H2. The van der Waals surface area contributed by atoms with Crippen molar-refractivity contribution in [3.8, 4) is 5.75 Å². The zero-order valence-electron chi connectivity index (χ0n) is 10.3. The molecule has 0 aliphatic carbocycles. The minimum absolute atomic E-state index is 0.184.